The summed E-state index contributed by atoms with van der Waals surface area (Å²) in [5, 5.41) is 19.4. The van der Waals surface area contributed by atoms with Crippen LogP contribution in [0.5, 0.6) is 0 Å². The molecule has 0 spiro atoms. The lowest BCUT2D eigenvalue weighted by atomic mass is 9.89. The van der Waals surface area contributed by atoms with E-state index in [0.717, 1.165) is 18.4 Å². The summed E-state index contributed by atoms with van der Waals surface area (Å²) in [5.74, 6) is -0.637. The molecule has 5 heteroatoms. The van der Waals surface area contributed by atoms with E-state index in [1.165, 1.54) is 25.0 Å². The molecule has 1 aromatic rings. The summed E-state index contributed by atoms with van der Waals surface area (Å²) < 4.78 is 13.5. The van der Waals surface area contributed by atoms with E-state index >= 15 is 0 Å². The van der Waals surface area contributed by atoms with E-state index in [1.807, 2.05) is 11.0 Å². The van der Waals surface area contributed by atoms with E-state index in [4.69, 9.17) is 0 Å². The molecule has 0 amide bonds. The van der Waals surface area contributed by atoms with E-state index in [-0.39, 0.29) is 24.3 Å². The Morgan fingerprint density at radius 3 is 2.67 bits per heavy atom. The van der Waals surface area contributed by atoms with Gasteiger partial charge in [0, 0.05) is 31.5 Å². The predicted octanol–water partition coefficient (Wildman–Crippen LogP) is 2.87. The van der Waals surface area contributed by atoms with Crippen molar-refractivity contribution in [2.24, 2.45) is 11.8 Å². The number of carboxylic acid groups (broad SMARTS) is 1. The van der Waals surface area contributed by atoms with Crippen LogP contribution in [0.4, 0.5) is 4.39 Å². The van der Waals surface area contributed by atoms with Gasteiger partial charge in [-0.25, -0.2) is 4.39 Å². The number of likely N-dealkylation sites (tertiary alicyclic amines) is 1. The zero-order valence-corrected chi connectivity index (χ0v) is 13.9. The summed E-state index contributed by atoms with van der Waals surface area (Å²) in [6, 6.07) is 5.95. The molecule has 1 aliphatic heterocycles. The number of aliphatic carboxylic acids is 1. The third-order valence-electron chi connectivity index (χ3n) is 5.74. The normalized spacial score (nSPS) is 26.8. The quantitative estimate of drug-likeness (QED) is 0.839. The number of halogens is 1. The lowest BCUT2D eigenvalue weighted by Crippen LogP contribution is -2.41. The molecule has 0 radical (unpaired) electrons. The maximum absolute atomic E-state index is 13.5. The smallest absolute Gasteiger partial charge is 0.320 e. The van der Waals surface area contributed by atoms with E-state index in [2.05, 4.69) is 0 Å². The van der Waals surface area contributed by atoms with Crippen LogP contribution < -0.4 is 0 Å². The van der Waals surface area contributed by atoms with Gasteiger partial charge in [-0.2, -0.15) is 0 Å². The van der Waals surface area contributed by atoms with Crippen LogP contribution in [0.2, 0.25) is 0 Å². The zero-order valence-electron chi connectivity index (χ0n) is 13.9. The average Bonchev–Trinajstić information content (AvgIpc) is 3.21. The first-order valence-corrected chi connectivity index (χ1v) is 8.91. The third kappa shape index (κ3) is 3.78. The van der Waals surface area contributed by atoms with Gasteiger partial charge in [0.2, 0.25) is 0 Å². The topological polar surface area (TPSA) is 60.8 Å². The Kier molecular flexibility index (Phi) is 5.51. The molecular formula is C19H26FNO3. The van der Waals surface area contributed by atoms with Crippen molar-refractivity contribution in [1.29, 1.82) is 0 Å². The monoisotopic (exact) mass is 335 g/mol. The molecule has 1 saturated heterocycles. The van der Waals surface area contributed by atoms with Gasteiger partial charge in [-0.1, -0.05) is 37.8 Å². The van der Waals surface area contributed by atoms with Crippen LogP contribution in [0.25, 0.3) is 0 Å². The Morgan fingerprint density at radius 1 is 1.29 bits per heavy atom. The highest BCUT2D eigenvalue weighted by atomic mass is 19.1. The Labute approximate surface area is 142 Å². The van der Waals surface area contributed by atoms with Crippen LogP contribution >= 0.6 is 0 Å². The van der Waals surface area contributed by atoms with Gasteiger partial charge in [-0.05, 0) is 30.0 Å². The maximum atomic E-state index is 13.5. The highest BCUT2D eigenvalue weighted by Gasteiger charge is 2.40. The molecule has 2 aliphatic rings. The predicted molar refractivity (Wildman–Crippen MR) is 89.3 cm³/mol. The number of carbonyl (C=O) groups is 1. The van der Waals surface area contributed by atoms with E-state index in [1.54, 1.807) is 6.07 Å². The van der Waals surface area contributed by atoms with Crippen molar-refractivity contribution in [2.75, 3.05) is 19.7 Å². The first kappa shape index (κ1) is 17.4. The second-order valence-electron chi connectivity index (χ2n) is 7.30. The van der Waals surface area contributed by atoms with Gasteiger partial charge in [-0.15, -0.1) is 0 Å². The highest BCUT2D eigenvalue weighted by Crippen LogP contribution is 2.36. The number of rotatable bonds is 6. The maximum Gasteiger partial charge on any atom is 0.320 e. The summed E-state index contributed by atoms with van der Waals surface area (Å²) >= 11 is 0. The zero-order chi connectivity index (χ0) is 17.1. The largest absolute Gasteiger partial charge is 0.480 e. The fraction of sp³-hybridized carbons (Fsp3) is 0.632. The minimum absolute atomic E-state index is 0.00650. The van der Waals surface area contributed by atoms with Gasteiger partial charge in [-0.3, -0.25) is 9.69 Å². The number of aliphatic hydroxyl groups excluding tert-OH is 1. The number of carboxylic acids is 1. The van der Waals surface area contributed by atoms with E-state index in [0.29, 0.717) is 25.4 Å². The lowest BCUT2D eigenvalue weighted by molar-refractivity contribution is -0.143. The molecule has 1 heterocycles. The van der Waals surface area contributed by atoms with Gasteiger partial charge in [0.1, 0.15) is 11.9 Å². The molecule has 3 unspecified atom stereocenters. The van der Waals surface area contributed by atoms with Gasteiger partial charge >= 0.3 is 5.97 Å². The van der Waals surface area contributed by atoms with Gasteiger partial charge in [0.05, 0.1) is 0 Å². The summed E-state index contributed by atoms with van der Waals surface area (Å²) in [4.78, 5) is 13.8. The van der Waals surface area contributed by atoms with Crippen molar-refractivity contribution in [3.63, 3.8) is 0 Å². The molecule has 3 rings (SSSR count). The number of aliphatic hydroxyl groups is 1. The molecule has 132 valence electrons. The molecule has 3 atom stereocenters. The Hall–Kier alpha value is -1.46. The Morgan fingerprint density at radius 2 is 2.04 bits per heavy atom. The van der Waals surface area contributed by atoms with Crippen molar-refractivity contribution >= 4 is 5.97 Å². The third-order valence-corrected chi connectivity index (χ3v) is 5.74. The van der Waals surface area contributed by atoms with E-state index < -0.39 is 12.0 Å². The molecule has 0 aromatic heterocycles. The fourth-order valence-electron chi connectivity index (χ4n) is 4.43. The van der Waals surface area contributed by atoms with Crippen molar-refractivity contribution < 1.29 is 19.4 Å². The van der Waals surface area contributed by atoms with Crippen LogP contribution in [0.15, 0.2) is 24.3 Å². The number of hydrogen-bond acceptors (Lipinski definition) is 3. The van der Waals surface area contributed by atoms with Crippen molar-refractivity contribution in [3.05, 3.63) is 35.6 Å². The van der Waals surface area contributed by atoms with Gasteiger partial charge < -0.3 is 10.2 Å². The molecule has 24 heavy (non-hydrogen) atoms. The average molecular weight is 335 g/mol. The summed E-state index contributed by atoms with van der Waals surface area (Å²) in [6.45, 7) is 1.12. The molecule has 1 saturated carbocycles. The standard InChI is InChI=1S/C19H26FNO3/c20-16-7-3-6-14(9-16)17-11-21(10-15(17)12-22)18(19(23)24)8-13-4-1-2-5-13/h3,6-7,9,13,15,17-18,22H,1-2,4-5,8,10-12H2,(H,23,24). The molecule has 2 N–H and O–H groups in total. The van der Waals surface area contributed by atoms with Gasteiger partial charge in [0.15, 0.2) is 0 Å². The lowest BCUT2D eigenvalue weighted by Gasteiger charge is -2.26. The van der Waals surface area contributed by atoms with Gasteiger partial charge in [0.25, 0.3) is 0 Å². The van der Waals surface area contributed by atoms with E-state index in [9.17, 15) is 19.4 Å². The Balaban J connectivity index is 1.74. The number of nitrogens with zero attached hydrogens (tertiary/aromatic N) is 1. The minimum atomic E-state index is -0.779. The molecule has 1 aliphatic carbocycles. The summed E-state index contributed by atoms with van der Waals surface area (Å²) in [6.07, 6.45) is 5.32. The summed E-state index contributed by atoms with van der Waals surface area (Å²) in [7, 11) is 0. The molecule has 2 fully saturated rings. The van der Waals surface area contributed by atoms with Crippen LogP contribution in [0.3, 0.4) is 0 Å². The molecule has 4 nitrogen and oxygen atoms in total. The van der Waals surface area contributed by atoms with Crippen molar-refractivity contribution in [2.45, 2.75) is 44.1 Å². The highest BCUT2D eigenvalue weighted by molar-refractivity contribution is 5.73. The molecule has 1 aromatic carbocycles. The van der Waals surface area contributed by atoms with Crippen LogP contribution in [-0.2, 0) is 4.79 Å². The second-order valence-corrected chi connectivity index (χ2v) is 7.30. The van der Waals surface area contributed by atoms with Crippen LogP contribution in [-0.4, -0.2) is 46.8 Å². The minimum Gasteiger partial charge on any atom is -0.480 e. The van der Waals surface area contributed by atoms with Crippen molar-refractivity contribution in [3.8, 4) is 0 Å². The van der Waals surface area contributed by atoms with Crippen LogP contribution in [0, 0.1) is 17.7 Å². The SMILES string of the molecule is O=C(O)C(CC1CCCC1)N1CC(CO)C(c2cccc(F)c2)C1. The first-order chi connectivity index (χ1) is 11.6. The summed E-state index contributed by atoms with van der Waals surface area (Å²) in [5.41, 5.74) is 0.849. The first-order valence-electron chi connectivity index (χ1n) is 8.91. The number of benzene rings is 1. The second kappa shape index (κ2) is 7.62. The fourth-order valence-corrected chi connectivity index (χ4v) is 4.43. The molecule has 0 bridgehead atoms. The number of hydrogen-bond donors (Lipinski definition) is 2. The Bertz CT molecular complexity index is 573. The van der Waals surface area contributed by atoms with Crippen molar-refractivity contribution in [1.82, 2.24) is 4.90 Å². The van der Waals surface area contributed by atoms with Crippen LogP contribution in [0.1, 0.15) is 43.6 Å². The molecular weight excluding hydrogens is 309 g/mol.